The summed E-state index contributed by atoms with van der Waals surface area (Å²) in [6.45, 7) is 16.9. The van der Waals surface area contributed by atoms with Crippen molar-refractivity contribution in [2.45, 2.75) is 98.8 Å². The van der Waals surface area contributed by atoms with Crippen LogP contribution in [0.15, 0.2) is 27.5 Å². The lowest BCUT2D eigenvalue weighted by molar-refractivity contribution is -0.165. The van der Waals surface area contributed by atoms with Gasteiger partial charge in [0, 0.05) is 22.3 Å². The molecule has 1 aromatic heterocycles. The summed E-state index contributed by atoms with van der Waals surface area (Å²) in [6, 6.07) is 0. The summed E-state index contributed by atoms with van der Waals surface area (Å²) in [7, 11) is 1.64. The zero-order chi connectivity index (χ0) is 26.6. The second-order valence-electron chi connectivity index (χ2n) is 14.8. The van der Waals surface area contributed by atoms with Gasteiger partial charge in [-0.25, -0.2) is 0 Å². The monoisotopic (exact) mass is 506 g/mol. The summed E-state index contributed by atoms with van der Waals surface area (Å²) in [4.78, 5) is 19.8. The summed E-state index contributed by atoms with van der Waals surface area (Å²) >= 11 is 0. The molecule has 0 aliphatic heterocycles. The molecule has 1 heterocycles. The minimum absolute atomic E-state index is 0.00740. The van der Waals surface area contributed by atoms with E-state index in [-0.39, 0.29) is 33.0 Å². The molecule has 0 unspecified atom stereocenters. The molecule has 37 heavy (non-hydrogen) atoms. The van der Waals surface area contributed by atoms with Gasteiger partial charge in [0.25, 0.3) is 0 Å². The van der Waals surface area contributed by atoms with Crippen LogP contribution in [0, 0.1) is 51.2 Å². The van der Waals surface area contributed by atoms with Crippen molar-refractivity contribution in [3.63, 3.8) is 0 Å². The van der Waals surface area contributed by atoms with E-state index in [9.17, 15) is 4.79 Å². The average molecular weight is 507 g/mol. The van der Waals surface area contributed by atoms with Crippen molar-refractivity contribution in [1.29, 1.82) is 0 Å². The second-order valence-corrected chi connectivity index (χ2v) is 14.8. The Morgan fingerprint density at radius 1 is 1.08 bits per heavy atom. The van der Waals surface area contributed by atoms with Crippen molar-refractivity contribution in [3.05, 3.63) is 29.2 Å². The summed E-state index contributed by atoms with van der Waals surface area (Å²) in [6.07, 6.45) is 13.8. The maximum atomic E-state index is 14.5. The van der Waals surface area contributed by atoms with E-state index in [2.05, 4.69) is 71.1 Å². The fraction of sp³-hybridized carbons (Fsp3) is 0.781. The number of allylic oxidation sites excluding steroid dienone is 2. The quantitative estimate of drug-likeness (QED) is 0.315. The molecule has 0 N–H and O–H groups in total. The van der Waals surface area contributed by atoms with Crippen LogP contribution in [0.4, 0.5) is 0 Å². The van der Waals surface area contributed by atoms with E-state index >= 15 is 0 Å². The number of hydrogen-bond acceptors (Lipinski definition) is 5. The highest BCUT2D eigenvalue weighted by Gasteiger charge is 2.70. The highest BCUT2D eigenvalue weighted by molar-refractivity contribution is 5.96. The molecule has 9 atom stereocenters. The molecule has 0 radical (unpaired) electrons. The number of fused-ring (bicyclic) bond motifs is 8. The van der Waals surface area contributed by atoms with Gasteiger partial charge in [-0.05, 0) is 90.9 Å². The fourth-order valence-electron chi connectivity index (χ4n) is 11.0. The molecular formula is C32H46N2O3. The third-order valence-corrected chi connectivity index (χ3v) is 13.2. The molecule has 0 aromatic carbocycles. The maximum Gasteiger partial charge on any atom is 0.159 e. The minimum atomic E-state index is -0.104. The van der Waals surface area contributed by atoms with Crippen LogP contribution in [-0.2, 0) is 21.5 Å². The van der Waals surface area contributed by atoms with Crippen LogP contribution in [0.25, 0.3) is 0 Å². The van der Waals surface area contributed by atoms with Crippen LogP contribution in [0.2, 0.25) is 0 Å². The number of carbonyl (C=O) groups excluding carboxylic acids is 1. The van der Waals surface area contributed by atoms with E-state index in [4.69, 9.17) is 9.36 Å². The Morgan fingerprint density at radius 3 is 2.57 bits per heavy atom. The fourth-order valence-corrected chi connectivity index (χ4v) is 11.0. The number of ketones is 1. The molecule has 5 aliphatic carbocycles. The van der Waals surface area contributed by atoms with Crippen molar-refractivity contribution in [3.8, 4) is 0 Å². The van der Waals surface area contributed by atoms with Crippen LogP contribution in [0.5, 0.6) is 0 Å². The molecule has 5 heteroatoms. The largest absolute Gasteiger partial charge is 0.399 e. The first kappa shape index (κ1) is 25.4. The lowest BCUT2D eigenvalue weighted by atomic mass is 9.33. The molecule has 0 spiro atoms. The molecule has 3 saturated carbocycles. The molecule has 0 amide bonds. The third-order valence-electron chi connectivity index (χ3n) is 13.2. The maximum absolute atomic E-state index is 14.5. The molecule has 0 saturated heterocycles. The van der Waals surface area contributed by atoms with Crippen LogP contribution in [-0.4, -0.2) is 24.3 Å². The standard InChI is InChI=1S/C32H46N2O3/c1-19-9-12-32(18-34-36-8)14-13-31(7)26(25(32)20(19)2)22(35)15-24-29(5)16-21-17-33-37-27(21)28(3,4)23(29)10-11-30(24,31)6/h15,17-20,23,25-26H,9-14,16H2,1-8H3/b34-18+/t19-,20+,23+,25+,26-,29+,30-,31-,32-/m1/s1. The van der Waals surface area contributed by atoms with Crippen LogP contribution < -0.4 is 0 Å². The van der Waals surface area contributed by atoms with E-state index in [1.165, 1.54) is 17.6 Å². The normalized spacial score (nSPS) is 48.3. The van der Waals surface area contributed by atoms with Crippen molar-refractivity contribution in [2.24, 2.45) is 56.4 Å². The van der Waals surface area contributed by atoms with Crippen molar-refractivity contribution >= 4 is 12.0 Å². The van der Waals surface area contributed by atoms with Crippen molar-refractivity contribution in [2.75, 3.05) is 7.11 Å². The van der Waals surface area contributed by atoms with E-state index in [1.54, 1.807) is 7.11 Å². The Bertz CT molecular complexity index is 1180. The first-order valence-electron chi connectivity index (χ1n) is 14.6. The van der Waals surface area contributed by atoms with Gasteiger partial charge >= 0.3 is 0 Å². The summed E-state index contributed by atoms with van der Waals surface area (Å²) < 4.78 is 5.82. The topological polar surface area (TPSA) is 64.7 Å². The highest BCUT2D eigenvalue weighted by atomic mass is 16.6. The predicted molar refractivity (Wildman–Crippen MR) is 145 cm³/mol. The Morgan fingerprint density at radius 2 is 1.84 bits per heavy atom. The zero-order valence-corrected chi connectivity index (χ0v) is 24.2. The molecule has 202 valence electrons. The van der Waals surface area contributed by atoms with Gasteiger partial charge < -0.3 is 9.36 Å². The van der Waals surface area contributed by atoms with Gasteiger partial charge in [0.2, 0.25) is 0 Å². The van der Waals surface area contributed by atoms with E-state index in [0.29, 0.717) is 29.5 Å². The number of nitrogens with zero attached hydrogens (tertiary/aromatic N) is 2. The minimum Gasteiger partial charge on any atom is -0.399 e. The van der Waals surface area contributed by atoms with Crippen LogP contribution in [0.1, 0.15) is 98.3 Å². The molecule has 5 aliphatic rings. The lowest BCUT2D eigenvalue weighted by Crippen LogP contribution is -2.66. The van der Waals surface area contributed by atoms with Gasteiger partial charge in [0.05, 0.1) is 12.4 Å². The molecule has 5 nitrogen and oxygen atoms in total. The molecule has 3 fully saturated rings. The highest BCUT2D eigenvalue weighted by Crippen LogP contribution is 2.74. The Balaban J connectivity index is 1.51. The molecular weight excluding hydrogens is 460 g/mol. The van der Waals surface area contributed by atoms with Gasteiger partial charge in [-0.15, -0.1) is 0 Å². The number of oxime groups is 1. The second kappa shape index (κ2) is 7.82. The Labute approximate surface area is 222 Å². The van der Waals surface area contributed by atoms with Gasteiger partial charge in [0.15, 0.2) is 5.78 Å². The summed E-state index contributed by atoms with van der Waals surface area (Å²) in [5.74, 6) is 3.26. The Kier molecular flexibility index (Phi) is 5.36. The summed E-state index contributed by atoms with van der Waals surface area (Å²) in [5.41, 5.74) is 2.34. The Hall–Kier alpha value is -1.91. The van der Waals surface area contributed by atoms with E-state index in [0.717, 1.165) is 44.3 Å². The number of hydrogen-bond donors (Lipinski definition) is 0. The SMILES string of the molecule is CO/N=C/[C@]12CC[C@@H](C)[C@H](C)[C@H]1[C@H]1C(=O)C=C3[C@@]4(C)Cc5cnoc5C(C)(C)[C@@H]4CC[C@@]3(C)[C@]1(C)CC2. The van der Waals surface area contributed by atoms with E-state index in [1.807, 2.05) is 6.20 Å². The first-order chi connectivity index (χ1) is 17.4. The number of aromatic nitrogens is 1. The average Bonchev–Trinajstić information content (AvgIpc) is 3.31. The molecule has 1 aromatic rings. The van der Waals surface area contributed by atoms with Crippen LogP contribution in [0.3, 0.4) is 0 Å². The molecule has 6 rings (SSSR count). The zero-order valence-electron chi connectivity index (χ0n) is 24.2. The van der Waals surface area contributed by atoms with Gasteiger partial charge in [0.1, 0.15) is 12.9 Å². The third kappa shape index (κ3) is 3.00. The van der Waals surface area contributed by atoms with Gasteiger partial charge in [-0.2, -0.15) is 0 Å². The predicted octanol–water partition coefficient (Wildman–Crippen LogP) is 7.16. The van der Waals surface area contributed by atoms with Crippen molar-refractivity contribution in [1.82, 2.24) is 5.16 Å². The first-order valence-corrected chi connectivity index (χ1v) is 14.6. The molecule has 0 bridgehead atoms. The lowest BCUT2D eigenvalue weighted by Gasteiger charge is -2.69. The van der Waals surface area contributed by atoms with E-state index < -0.39 is 0 Å². The number of rotatable bonds is 2. The van der Waals surface area contributed by atoms with Gasteiger partial charge in [-0.1, -0.05) is 64.4 Å². The number of carbonyl (C=O) groups is 1. The summed E-state index contributed by atoms with van der Waals surface area (Å²) in [5, 5.41) is 8.56. The van der Waals surface area contributed by atoms with Gasteiger partial charge in [-0.3, -0.25) is 4.79 Å². The smallest absolute Gasteiger partial charge is 0.159 e. The van der Waals surface area contributed by atoms with Crippen LogP contribution >= 0.6 is 0 Å². The van der Waals surface area contributed by atoms with Crippen molar-refractivity contribution < 1.29 is 14.2 Å².